The summed E-state index contributed by atoms with van der Waals surface area (Å²) in [7, 11) is 0. The van der Waals surface area contributed by atoms with E-state index >= 15 is 0 Å². The number of halogens is 1. The second-order valence-electron chi connectivity index (χ2n) is 6.98. The van der Waals surface area contributed by atoms with Crippen molar-refractivity contribution in [3.05, 3.63) is 112 Å². The Morgan fingerprint density at radius 2 is 1.61 bits per heavy atom. The molecule has 3 aromatic rings. The average Bonchev–Trinajstić information content (AvgIpc) is 3.01. The van der Waals surface area contributed by atoms with Crippen LogP contribution in [-0.2, 0) is 4.79 Å². The van der Waals surface area contributed by atoms with Crippen molar-refractivity contribution in [2.45, 2.75) is 13.8 Å². The zero-order valence-corrected chi connectivity index (χ0v) is 16.6. The summed E-state index contributed by atoms with van der Waals surface area (Å²) in [5.74, 6) is -0.0255. The summed E-state index contributed by atoms with van der Waals surface area (Å²) < 4.78 is 0. The Morgan fingerprint density at radius 3 is 2.32 bits per heavy atom. The molecule has 1 amide bonds. The van der Waals surface area contributed by atoms with Crippen molar-refractivity contribution in [1.29, 1.82) is 0 Å². The Bertz CT molecular complexity index is 1100. The second-order valence-corrected chi connectivity index (χ2v) is 7.41. The van der Waals surface area contributed by atoms with Crippen molar-refractivity contribution < 1.29 is 4.79 Å². The highest BCUT2D eigenvalue weighted by Crippen LogP contribution is 2.37. The molecule has 1 aliphatic heterocycles. The number of hydrogen-bond donors (Lipinski definition) is 0. The summed E-state index contributed by atoms with van der Waals surface area (Å²) in [4.78, 5) is 15.2. The normalized spacial score (nSPS) is 15.2. The van der Waals surface area contributed by atoms with Gasteiger partial charge in [-0.25, -0.2) is 0 Å². The third-order valence-corrected chi connectivity index (χ3v) is 5.10. The molecule has 1 heterocycles. The molecule has 0 aliphatic carbocycles. The van der Waals surface area contributed by atoms with E-state index in [2.05, 4.69) is 18.2 Å². The first-order valence-corrected chi connectivity index (χ1v) is 9.57. The van der Waals surface area contributed by atoms with Crippen LogP contribution in [0.25, 0.3) is 11.8 Å². The smallest absolute Gasteiger partial charge is 0.262 e. The summed E-state index contributed by atoms with van der Waals surface area (Å²) >= 11 is 6.07. The number of hydrogen-bond acceptors (Lipinski definition) is 1. The number of carbonyl (C=O) groups is 1. The van der Waals surface area contributed by atoms with E-state index < -0.39 is 0 Å². The molecule has 3 aromatic carbocycles. The maximum absolute atomic E-state index is 13.4. The third-order valence-electron chi connectivity index (χ3n) is 4.85. The van der Waals surface area contributed by atoms with Crippen molar-refractivity contribution in [3.63, 3.8) is 0 Å². The molecule has 0 N–H and O–H groups in total. The Hall–Kier alpha value is -3.10. The van der Waals surface area contributed by atoms with Crippen LogP contribution in [0.2, 0.25) is 5.02 Å². The van der Waals surface area contributed by atoms with Gasteiger partial charge in [-0.05, 0) is 66.5 Å². The predicted octanol–water partition coefficient (Wildman–Crippen LogP) is 6.43. The molecule has 2 nitrogen and oxygen atoms in total. The number of carbonyl (C=O) groups excluding carboxylic acids is 1. The molecule has 0 bridgehead atoms. The van der Waals surface area contributed by atoms with Crippen LogP contribution in [0.1, 0.15) is 22.3 Å². The van der Waals surface area contributed by atoms with E-state index in [-0.39, 0.29) is 5.91 Å². The lowest BCUT2D eigenvalue weighted by Crippen LogP contribution is -2.25. The van der Waals surface area contributed by atoms with Gasteiger partial charge in [-0.2, -0.15) is 0 Å². The minimum atomic E-state index is -0.0255. The van der Waals surface area contributed by atoms with Gasteiger partial charge in [0.1, 0.15) is 0 Å². The number of benzene rings is 3. The highest BCUT2D eigenvalue weighted by molar-refractivity contribution is 6.30. The molecule has 28 heavy (non-hydrogen) atoms. The standard InChI is InChI=1S/C25H20ClNO/c1-17-8-9-18(2)23(14-17)27-24(20-10-12-22(26)13-11-20)16-21(25(27)28)15-19-6-4-3-5-7-19/h3-16H,1-2H3/b21-15+. The Labute approximate surface area is 170 Å². The minimum absolute atomic E-state index is 0.0255. The molecular weight excluding hydrogens is 366 g/mol. The fraction of sp³-hybridized carbons (Fsp3) is 0.0800. The van der Waals surface area contributed by atoms with Gasteiger partial charge in [0.25, 0.3) is 5.91 Å². The van der Waals surface area contributed by atoms with Crippen LogP contribution in [0.5, 0.6) is 0 Å². The van der Waals surface area contributed by atoms with Crippen molar-refractivity contribution in [2.75, 3.05) is 4.90 Å². The van der Waals surface area contributed by atoms with Gasteiger partial charge in [0.2, 0.25) is 0 Å². The summed E-state index contributed by atoms with van der Waals surface area (Å²) in [6, 6.07) is 23.7. The molecule has 0 fully saturated rings. The number of aryl methyl sites for hydroxylation is 2. The third kappa shape index (κ3) is 3.51. The van der Waals surface area contributed by atoms with E-state index in [1.54, 1.807) is 4.90 Å². The first-order valence-electron chi connectivity index (χ1n) is 9.19. The Balaban J connectivity index is 1.87. The van der Waals surface area contributed by atoms with Crippen LogP contribution in [0.15, 0.2) is 84.4 Å². The number of anilines is 1. The quantitative estimate of drug-likeness (QED) is 0.476. The van der Waals surface area contributed by atoms with Crippen molar-refractivity contribution >= 4 is 35.0 Å². The van der Waals surface area contributed by atoms with Gasteiger partial charge < -0.3 is 0 Å². The molecule has 0 spiro atoms. The first kappa shape index (κ1) is 18.3. The lowest BCUT2D eigenvalue weighted by molar-refractivity contribution is -0.113. The fourth-order valence-electron chi connectivity index (χ4n) is 3.38. The number of nitrogens with zero attached hydrogens (tertiary/aromatic N) is 1. The SMILES string of the molecule is Cc1ccc(C)c(N2C(=O)/C(=C/c3ccccc3)C=C2c2ccc(Cl)cc2)c1. The number of amides is 1. The molecular formula is C25H20ClNO. The van der Waals surface area contributed by atoms with Gasteiger partial charge in [0.05, 0.1) is 11.4 Å². The van der Waals surface area contributed by atoms with E-state index in [1.165, 1.54) is 0 Å². The van der Waals surface area contributed by atoms with Gasteiger partial charge in [-0.3, -0.25) is 9.69 Å². The summed E-state index contributed by atoms with van der Waals surface area (Å²) in [6.45, 7) is 4.07. The van der Waals surface area contributed by atoms with Crippen LogP contribution in [0, 0.1) is 13.8 Å². The molecule has 1 aliphatic rings. The van der Waals surface area contributed by atoms with Gasteiger partial charge in [-0.1, -0.05) is 66.2 Å². The molecule has 0 saturated heterocycles. The monoisotopic (exact) mass is 385 g/mol. The Morgan fingerprint density at radius 1 is 0.893 bits per heavy atom. The van der Waals surface area contributed by atoms with Crippen LogP contribution in [0.4, 0.5) is 5.69 Å². The Kier molecular flexibility index (Phi) is 4.89. The van der Waals surface area contributed by atoms with E-state index in [4.69, 9.17) is 11.6 Å². The van der Waals surface area contributed by atoms with E-state index in [0.29, 0.717) is 10.6 Å². The molecule has 3 heteroatoms. The van der Waals surface area contributed by atoms with Crippen LogP contribution < -0.4 is 4.90 Å². The van der Waals surface area contributed by atoms with Crippen LogP contribution >= 0.6 is 11.6 Å². The topological polar surface area (TPSA) is 20.3 Å². The molecule has 138 valence electrons. The zero-order valence-electron chi connectivity index (χ0n) is 15.8. The average molecular weight is 386 g/mol. The van der Waals surface area contributed by atoms with Gasteiger partial charge >= 0.3 is 0 Å². The zero-order chi connectivity index (χ0) is 19.7. The maximum atomic E-state index is 13.4. The van der Waals surface area contributed by atoms with E-state index in [9.17, 15) is 4.79 Å². The van der Waals surface area contributed by atoms with E-state index in [0.717, 1.165) is 33.6 Å². The first-order chi connectivity index (χ1) is 13.5. The summed E-state index contributed by atoms with van der Waals surface area (Å²) in [5, 5.41) is 0.673. The van der Waals surface area contributed by atoms with Crippen molar-refractivity contribution in [2.24, 2.45) is 0 Å². The largest absolute Gasteiger partial charge is 0.276 e. The van der Waals surface area contributed by atoms with Crippen molar-refractivity contribution in [1.82, 2.24) is 0 Å². The van der Waals surface area contributed by atoms with Crippen LogP contribution in [-0.4, -0.2) is 5.91 Å². The lowest BCUT2D eigenvalue weighted by atomic mass is 10.1. The predicted molar refractivity (Wildman–Crippen MR) is 117 cm³/mol. The molecule has 0 aromatic heterocycles. The van der Waals surface area contributed by atoms with Crippen LogP contribution in [0.3, 0.4) is 0 Å². The second kappa shape index (κ2) is 7.49. The van der Waals surface area contributed by atoms with E-state index in [1.807, 2.05) is 80.6 Å². The van der Waals surface area contributed by atoms with Gasteiger partial charge in [0.15, 0.2) is 0 Å². The maximum Gasteiger partial charge on any atom is 0.262 e. The molecule has 0 saturated carbocycles. The highest BCUT2D eigenvalue weighted by atomic mass is 35.5. The number of rotatable bonds is 3. The van der Waals surface area contributed by atoms with Crippen molar-refractivity contribution in [3.8, 4) is 0 Å². The highest BCUT2D eigenvalue weighted by Gasteiger charge is 2.31. The fourth-order valence-corrected chi connectivity index (χ4v) is 3.50. The summed E-state index contributed by atoms with van der Waals surface area (Å²) in [5.41, 5.74) is 6.55. The molecule has 0 atom stereocenters. The molecule has 0 unspecified atom stereocenters. The lowest BCUT2D eigenvalue weighted by Gasteiger charge is -2.23. The van der Waals surface area contributed by atoms with Gasteiger partial charge in [-0.15, -0.1) is 0 Å². The summed E-state index contributed by atoms with van der Waals surface area (Å²) in [6.07, 6.45) is 3.89. The molecule has 0 radical (unpaired) electrons. The minimum Gasteiger partial charge on any atom is -0.276 e. The van der Waals surface area contributed by atoms with Gasteiger partial charge in [0, 0.05) is 10.6 Å². The molecule has 4 rings (SSSR count).